The van der Waals surface area contributed by atoms with E-state index in [-0.39, 0.29) is 12.0 Å². The summed E-state index contributed by atoms with van der Waals surface area (Å²) in [6.45, 7) is 8.35. The van der Waals surface area contributed by atoms with Gasteiger partial charge < -0.3 is 4.74 Å². The van der Waals surface area contributed by atoms with E-state index in [1.807, 2.05) is 6.92 Å². The smallest absolute Gasteiger partial charge is 0.221 e. The molecule has 1 fully saturated rings. The van der Waals surface area contributed by atoms with E-state index >= 15 is 0 Å². The maximum atomic E-state index is 6.17. The quantitative estimate of drug-likeness (QED) is 0.765. The number of ether oxygens (including phenoxy) is 1. The standard InChI is InChI=1S/C15H23ClN2O/c1-9(2)14-17-13(16)11(4)15(18-14)19-12-7-5-10(3)6-8-12/h9-10,12H,5-8H2,1-4H3. The maximum Gasteiger partial charge on any atom is 0.221 e. The third-order valence-corrected chi connectivity index (χ3v) is 4.18. The van der Waals surface area contributed by atoms with Crippen molar-refractivity contribution in [1.29, 1.82) is 0 Å². The molecule has 0 spiro atoms. The summed E-state index contributed by atoms with van der Waals surface area (Å²) in [5, 5.41) is 0.512. The molecule has 19 heavy (non-hydrogen) atoms. The SMILES string of the molecule is Cc1c(Cl)nc(C(C)C)nc1OC1CCC(C)CC1. The minimum Gasteiger partial charge on any atom is -0.474 e. The van der Waals surface area contributed by atoms with Crippen LogP contribution in [-0.2, 0) is 0 Å². The fourth-order valence-corrected chi connectivity index (χ4v) is 2.53. The van der Waals surface area contributed by atoms with Gasteiger partial charge in [-0.3, -0.25) is 0 Å². The number of halogens is 1. The van der Waals surface area contributed by atoms with E-state index in [1.54, 1.807) is 0 Å². The molecule has 0 radical (unpaired) electrons. The first-order valence-corrected chi connectivity index (χ1v) is 7.55. The van der Waals surface area contributed by atoms with Gasteiger partial charge in [0.1, 0.15) is 17.1 Å². The van der Waals surface area contributed by atoms with Crippen LogP contribution in [0.15, 0.2) is 0 Å². The molecular weight excluding hydrogens is 260 g/mol. The lowest BCUT2D eigenvalue weighted by Crippen LogP contribution is -2.24. The predicted octanol–water partition coefficient (Wildman–Crippen LogP) is 4.52. The Morgan fingerprint density at radius 2 is 1.79 bits per heavy atom. The van der Waals surface area contributed by atoms with Gasteiger partial charge in [-0.1, -0.05) is 32.4 Å². The van der Waals surface area contributed by atoms with Crippen LogP contribution in [0.4, 0.5) is 0 Å². The molecule has 0 aliphatic heterocycles. The second-order valence-electron chi connectivity index (χ2n) is 5.96. The lowest BCUT2D eigenvalue weighted by Gasteiger charge is -2.27. The van der Waals surface area contributed by atoms with Crippen molar-refractivity contribution in [2.75, 3.05) is 0 Å². The molecule has 1 aromatic heterocycles. The highest BCUT2D eigenvalue weighted by Crippen LogP contribution is 2.30. The molecule has 106 valence electrons. The summed E-state index contributed by atoms with van der Waals surface area (Å²) in [5.41, 5.74) is 0.852. The van der Waals surface area contributed by atoms with Crippen molar-refractivity contribution >= 4 is 11.6 Å². The second kappa shape index (κ2) is 6.08. The molecule has 2 rings (SSSR count). The lowest BCUT2D eigenvalue weighted by molar-refractivity contribution is 0.128. The van der Waals surface area contributed by atoms with Crippen molar-refractivity contribution in [3.63, 3.8) is 0 Å². The van der Waals surface area contributed by atoms with Crippen LogP contribution in [0.5, 0.6) is 5.88 Å². The van der Waals surface area contributed by atoms with E-state index in [2.05, 4.69) is 30.7 Å². The number of rotatable bonds is 3. The second-order valence-corrected chi connectivity index (χ2v) is 6.32. The van der Waals surface area contributed by atoms with Gasteiger partial charge in [0, 0.05) is 11.5 Å². The Morgan fingerprint density at radius 3 is 2.37 bits per heavy atom. The van der Waals surface area contributed by atoms with Crippen LogP contribution in [-0.4, -0.2) is 16.1 Å². The van der Waals surface area contributed by atoms with Gasteiger partial charge in [-0.2, -0.15) is 4.98 Å². The minimum absolute atomic E-state index is 0.256. The first-order chi connectivity index (χ1) is 8.97. The fourth-order valence-electron chi connectivity index (χ4n) is 2.36. The first-order valence-electron chi connectivity index (χ1n) is 7.18. The Hall–Kier alpha value is -0.830. The molecular formula is C15H23ClN2O. The number of hydrogen-bond acceptors (Lipinski definition) is 3. The molecule has 0 aromatic carbocycles. The van der Waals surface area contributed by atoms with E-state index in [0.717, 1.165) is 30.1 Å². The zero-order valence-electron chi connectivity index (χ0n) is 12.2. The average molecular weight is 283 g/mol. The topological polar surface area (TPSA) is 35.0 Å². The summed E-state index contributed by atoms with van der Waals surface area (Å²) < 4.78 is 6.07. The molecule has 4 heteroatoms. The van der Waals surface area contributed by atoms with E-state index in [0.29, 0.717) is 11.0 Å². The van der Waals surface area contributed by atoms with Gasteiger partial charge in [0.2, 0.25) is 5.88 Å². The largest absolute Gasteiger partial charge is 0.474 e. The van der Waals surface area contributed by atoms with Crippen LogP contribution < -0.4 is 4.74 Å². The number of nitrogens with zero attached hydrogens (tertiary/aromatic N) is 2. The molecule has 0 amide bonds. The van der Waals surface area contributed by atoms with Crippen LogP contribution in [0.2, 0.25) is 5.15 Å². The molecule has 0 saturated heterocycles. The molecule has 3 nitrogen and oxygen atoms in total. The zero-order chi connectivity index (χ0) is 14.0. The molecule has 0 atom stereocenters. The third-order valence-electron chi connectivity index (χ3n) is 3.82. The lowest BCUT2D eigenvalue weighted by atomic mass is 9.89. The van der Waals surface area contributed by atoms with Crippen LogP contribution in [0.3, 0.4) is 0 Å². The van der Waals surface area contributed by atoms with Gasteiger partial charge in [-0.25, -0.2) is 4.98 Å². The molecule has 1 aromatic rings. The number of aromatic nitrogens is 2. The summed E-state index contributed by atoms with van der Waals surface area (Å²) in [7, 11) is 0. The average Bonchev–Trinajstić information content (AvgIpc) is 2.37. The van der Waals surface area contributed by atoms with E-state index < -0.39 is 0 Å². The van der Waals surface area contributed by atoms with Crippen molar-refractivity contribution in [2.24, 2.45) is 5.92 Å². The van der Waals surface area contributed by atoms with Gasteiger partial charge in [0.05, 0.1) is 0 Å². The summed E-state index contributed by atoms with van der Waals surface area (Å²) in [4.78, 5) is 8.84. The van der Waals surface area contributed by atoms with E-state index in [4.69, 9.17) is 16.3 Å². The summed E-state index contributed by atoms with van der Waals surface area (Å²) in [6, 6.07) is 0. The van der Waals surface area contributed by atoms with Crippen molar-refractivity contribution in [2.45, 2.75) is 65.4 Å². The molecule has 0 unspecified atom stereocenters. The summed E-state index contributed by atoms with van der Waals surface area (Å²) in [6.07, 6.45) is 4.97. The Morgan fingerprint density at radius 1 is 1.16 bits per heavy atom. The molecule has 1 aliphatic carbocycles. The first kappa shape index (κ1) is 14.6. The summed E-state index contributed by atoms with van der Waals surface area (Å²) in [5.74, 6) is 2.51. The fraction of sp³-hybridized carbons (Fsp3) is 0.733. The third kappa shape index (κ3) is 3.59. The molecule has 0 N–H and O–H groups in total. The Kier molecular flexibility index (Phi) is 4.67. The van der Waals surface area contributed by atoms with Crippen LogP contribution in [0, 0.1) is 12.8 Å². The van der Waals surface area contributed by atoms with Crippen LogP contribution in [0.25, 0.3) is 0 Å². The monoisotopic (exact) mass is 282 g/mol. The van der Waals surface area contributed by atoms with Crippen molar-refractivity contribution in [3.8, 4) is 5.88 Å². The molecule has 0 bridgehead atoms. The minimum atomic E-state index is 0.256. The zero-order valence-corrected chi connectivity index (χ0v) is 13.0. The maximum absolute atomic E-state index is 6.17. The van der Waals surface area contributed by atoms with Gasteiger partial charge in [-0.15, -0.1) is 0 Å². The highest BCUT2D eigenvalue weighted by Gasteiger charge is 2.22. The number of hydrogen-bond donors (Lipinski definition) is 0. The highest BCUT2D eigenvalue weighted by atomic mass is 35.5. The van der Waals surface area contributed by atoms with Crippen molar-refractivity contribution < 1.29 is 4.74 Å². The van der Waals surface area contributed by atoms with Crippen molar-refractivity contribution in [3.05, 3.63) is 16.5 Å². The molecule has 1 saturated carbocycles. The normalized spacial score (nSPS) is 23.7. The Bertz CT molecular complexity index is 440. The summed E-state index contributed by atoms with van der Waals surface area (Å²) >= 11 is 6.17. The Labute approximate surface area is 120 Å². The molecule has 1 aliphatic rings. The predicted molar refractivity (Wildman–Crippen MR) is 77.9 cm³/mol. The highest BCUT2D eigenvalue weighted by molar-refractivity contribution is 6.30. The Balaban J connectivity index is 2.15. The van der Waals surface area contributed by atoms with E-state index in [9.17, 15) is 0 Å². The van der Waals surface area contributed by atoms with Gasteiger partial charge in [-0.05, 0) is 38.5 Å². The van der Waals surface area contributed by atoms with Crippen molar-refractivity contribution in [1.82, 2.24) is 9.97 Å². The van der Waals surface area contributed by atoms with Gasteiger partial charge in [0.15, 0.2) is 0 Å². The van der Waals surface area contributed by atoms with Gasteiger partial charge in [0.25, 0.3) is 0 Å². The van der Waals surface area contributed by atoms with Crippen LogP contribution in [0.1, 0.15) is 63.8 Å². The van der Waals surface area contributed by atoms with Crippen LogP contribution >= 0.6 is 11.6 Å². The molecule has 1 heterocycles. The van der Waals surface area contributed by atoms with E-state index in [1.165, 1.54) is 12.8 Å². The van der Waals surface area contributed by atoms with Gasteiger partial charge >= 0.3 is 0 Å².